The van der Waals surface area contributed by atoms with Crippen molar-refractivity contribution < 1.29 is 14.4 Å². The molecule has 0 radical (unpaired) electrons. The van der Waals surface area contributed by atoms with Crippen molar-refractivity contribution in [3.05, 3.63) is 29.8 Å². The maximum atomic E-state index is 12.5. The minimum absolute atomic E-state index is 0.141. The first-order valence-electron chi connectivity index (χ1n) is 10.4. The lowest BCUT2D eigenvalue weighted by Gasteiger charge is -2.34. The number of nitrogens with one attached hydrogen (secondary N) is 1. The lowest BCUT2D eigenvalue weighted by atomic mass is 10.1. The number of benzene rings is 1. The molecular weight excluding hydrogens is 388 g/mol. The van der Waals surface area contributed by atoms with Crippen LogP contribution in [-0.4, -0.2) is 83.3 Å². The van der Waals surface area contributed by atoms with Crippen LogP contribution in [0.25, 0.3) is 0 Å². The Morgan fingerprint density at radius 3 is 2.10 bits per heavy atom. The lowest BCUT2D eigenvalue weighted by Crippen LogP contribution is -2.52. The number of anilines is 1. The number of thioether (sulfide) groups is 1. The third kappa shape index (κ3) is 5.23. The largest absolute Gasteiger partial charge is 0.341 e. The molecule has 0 spiro atoms. The predicted molar refractivity (Wildman–Crippen MR) is 114 cm³/mol. The van der Waals surface area contributed by atoms with E-state index in [4.69, 9.17) is 0 Å². The summed E-state index contributed by atoms with van der Waals surface area (Å²) in [5.41, 5.74) is 1.68. The van der Waals surface area contributed by atoms with Gasteiger partial charge in [-0.1, -0.05) is 12.1 Å². The summed E-state index contributed by atoms with van der Waals surface area (Å²) in [6, 6.07) is 7.36. The van der Waals surface area contributed by atoms with Gasteiger partial charge in [-0.05, 0) is 30.5 Å². The quantitative estimate of drug-likeness (QED) is 0.814. The average molecular weight is 417 g/mol. The predicted octanol–water partition coefficient (Wildman–Crippen LogP) is 1.89. The Balaban J connectivity index is 1.23. The van der Waals surface area contributed by atoms with Crippen molar-refractivity contribution in [2.45, 2.75) is 19.3 Å². The van der Waals surface area contributed by atoms with Gasteiger partial charge in [0, 0.05) is 62.4 Å². The second-order valence-corrected chi connectivity index (χ2v) is 9.11. The van der Waals surface area contributed by atoms with Gasteiger partial charge in [-0.15, -0.1) is 0 Å². The second-order valence-electron chi connectivity index (χ2n) is 7.88. The van der Waals surface area contributed by atoms with Gasteiger partial charge < -0.3 is 20.0 Å². The fraction of sp³-hybridized carbons (Fsp3) is 0.571. The molecule has 3 aliphatic rings. The Morgan fingerprint density at radius 1 is 0.862 bits per heavy atom. The molecule has 3 fully saturated rings. The van der Waals surface area contributed by atoms with Crippen LogP contribution in [0.15, 0.2) is 24.3 Å². The first-order valence-corrected chi connectivity index (χ1v) is 11.5. The molecule has 8 heteroatoms. The highest BCUT2D eigenvalue weighted by molar-refractivity contribution is 7.99. The maximum Gasteiger partial charge on any atom is 0.321 e. The molecule has 2 aliphatic heterocycles. The number of rotatable bonds is 4. The highest BCUT2D eigenvalue weighted by atomic mass is 32.2. The van der Waals surface area contributed by atoms with E-state index in [-0.39, 0.29) is 23.8 Å². The Kier molecular flexibility index (Phi) is 6.28. The van der Waals surface area contributed by atoms with Crippen LogP contribution in [0, 0.1) is 5.92 Å². The van der Waals surface area contributed by atoms with E-state index < -0.39 is 0 Å². The van der Waals surface area contributed by atoms with E-state index in [2.05, 4.69) is 5.32 Å². The van der Waals surface area contributed by atoms with Crippen LogP contribution in [0.3, 0.4) is 0 Å². The van der Waals surface area contributed by atoms with Crippen molar-refractivity contribution in [1.29, 1.82) is 0 Å². The van der Waals surface area contributed by atoms with E-state index in [1.54, 1.807) is 4.90 Å². The monoisotopic (exact) mass is 416 g/mol. The molecule has 1 saturated carbocycles. The molecule has 2 saturated heterocycles. The zero-order valence-corrected chi connectivity index (χ0v) is 17.5. The van der Waals surface area contributed by atoms with E-state index in [1.165, 1.54) is 0 Å². The Bertz CT molecular complexity index is 752. The van der Waals surface area contributed by atoms with Crippen LogP contribution in [0.2, 0.25) is 0 Å². The third-order valence-electron chi connectivity index (χ3n) is 5.73. The van der Waals surface area contributed by atoms with Gasteiger partial charge in [0.1, 0.15) is 0 Å². The number of hydrogen-bond acceptors (Lipinski definition) is 4. The normalized spacial score (nSPS) is 19.8. The molecule has 1 N–H and O–H groups in total. The van der Waals surface area contributed by atoms with Crippen LogP contribution in [0.5, 0.6) is 0 Å². The van der Waals surface area contributed by atoms with Crippen LogP contribution in [0.4, 0.5) is 10.5 Å². The van der Waals surface area contributed by atoms with Gasteiger partial charge in [0.15, 0.2) is 0 Å². The molecule has 0 atom stereocenters. The lowest BCUT2D eigenvalue weighted by molar-refractivity contribution is -0.134. The standard InChI is InChI=1S/C21H28N4O3S/c26-19(23-11-13-29-14-12-23)15-16-1-5-18(6-2-16)22-21(28)25-9-7-24(8-10-25)20(27)17-3-4-17/h1-2,5-6,17H,3-4,7-15H2,(H,22,28). The van der Waals surface area contributed by atoms with Crippen molar-refractivity contribution in [3.8, 4) is 0 Å². The fourth-order valence-corrected chi connectivity index (χ4v) is 4.63. The summed E-state index contributed by atoms with van der Waals surface area (Å²) in [5.74, 6) is 2.67. The Labute approximate surface area is 175 Å². The summed E-state index contributed by atoms with van der Waals surface area (Å²) in [4.78, 5) is 42.6. The van der Waals surface area contributed by atoms with Crippen molar-refractivity contribution in [3.63, 3.8) is 0 Å². The van der Waals surface area contributed by atoms with Crippen LogP contribution in [0.1, 0.15) is 18.4 Å². The summed E-state index contributed by atoms with van der Waals surface area (Å²) in [6.45, 7) is 4.00. The SMILES string of the molecule is O=C(Cc1ccc(NC(=O)N2CCN(C(=O)C3CC3)CC2)cc1)N1CCSCC1. The number of urea groups is 1. The third-order valence-corrected chi connectivity index (χ3v) is 6.67. The maximum absolute atomic E-state index is 12.5. The molecule has 0 bridgehead atoms. The number of hydrogen-bond donors (Lipinski definition) is 1. The number of nitrogens with zero attached hydrogens (tertiary/aromatic N) is 3. The van der Waals surface area contributed by atoms with Crippen molar-refractivity contribution >= 4 is 35.3 Å². The summed E-state index contributed by atoms with van der Waals surface area (Å²) in [5, 5.41) is 2.92. The Morgan fingerprint density at radius 2 is 1.48 bits per heavy atom. The first-order chi connectivity index (χ1) is 14.1. The van der Waals surface area contributed by atoms with E-state index in [0.717, 1.165) is 48.7 Å². The number of carbonyl (C=O) groups is 3. The molecule has 2 heterocycles. The number of amides is 4. The molecule has 0 aromatic heterocycles. The molecular formula is C21H28N4O3S. The summed E-state index contributed by atoms with van der Waals surface area (Å²) in [7, 11) is 0. The number of carbonyl (C=O) groups excluding carboxylic acids is 3. The van der Waals surface area contributed by atoms with Crippen molar-refractivity contribution in [2.24, 2.45) is 5.92 Å². The topological polar surface area (TPSA) is 73.0 Å². The molecule has 1 aromatic carbocycles. The summed E-state index contributed by atoms with van der Waals surface area (Å²) >= 11 is 1.89. The minimum atomic E-state index is -0.141. The zero-order valence-electron chi connectivity index (χ0n) is 16.6. The molecule has 0 unspecified atom stereocenters. The van der Waals surface area contributed by atoms with Gasteiger partial charge in [-0.25, -0.2) is 4.79 Å². The van der Waals surface area contributed by atoms with Gasteiger partial charge in [0.25, 0.3) is 0 Å². The van der Waals surface area contributed by atoms with E-state index in [1.807, 2.05) is 45.8 Å². The van der Waals surface area contributed by atoms with Crippen LogP contribution < -0.4 is 5.32 Å². The Hall–Kier alpha value is -2.22. The van der Waals surface area contributed by atoms with Crippen LogP contribution in [-0.2, 0) is 16.0 Å². The highest BCUT2D eigenvalue weighted by Crippen LogP contribution is 2.31. The molecule has 1 aromatic rings. The van der Waals surface area contributed by atoms with E-state index in [9.17, 15) is 14.4 Å². The summed E-state index contributed by atoms with van der Waals surface area (Å²) < 4.78 is 0. The van der Waals surface area contributed by atoms with Gasteiger partial charge in [-0.3, -0.25) is 9.59 Å². The zero-order chi connectivity index (χ0) is 20.2. The van der Waals surface area contributed by atoms with Gasteiger partial charge in [0.2, 0.25) is 11.8 Å². The molecule has 4 rings (SSSR count). The van der Waals surface area contributed by atoms with E-state index in [0.29, 0.717) is 32.6 Å². The summed E-state index contributed by atoms with van der Waals surface area (Å²) in [6.07, 6.45) is 2.42. The first kappa shape index (κ1) is 20.1. The molecule has 7 nitrogen and oxygen atoms in total. The molecule has 1 aliphatic carbocycles. The van der Waals surface area contributed by atoms with E-state index >= 15 is 0 Å². The average Bonchev–Trinajstić information content (AvgIpc) is 3.61. The number of piperazine rings is 1. The smallest absolute Gasteiger partial charge is 0.321 e. The van der Waals surface area contributed by atoms with Crippen molar-refractivity contribution in [2.75, 3.05) is 56.1 Å². The molecule has 29 heavy (non-hydrogen) atoms. The van der Waals surface area contributed by atoms with Crippen molar-refractivity contribution in [1.82, 2.24) is 14.7 Å². The van der Waals surface area contributed by atoms with Gasteiger partial charge in [-0.2, -0.15) is 11.8 Å². The minimum Gasteiger partial charge on any atom is -0.341 e. The fourth-order valence-electron chi connectivity index (χ4n) is 3.73. The molecule has 156 valence electrons. The van der Waals surface area contributed by atoms with Gasteiger partial charge in [0.05, 0.1) is 6.42 Å². The molecule has 4 amide bonds. The highest BCUT2D eigenvalue weighted by Gasteiger charge is 2.35. The van der Waals surface area contributed by atoms with Gasteiger partial charge >= 0.3 is 6.03 Å². The van der Waals surface area contributed by atoms with Crippen LogP contribution >= 0.6 is 11.8 Å². The second kappa shape index (κ2) is 9.07.